The number of nitrogens with one attached hydrogen (secondary N) is 4. The topological polar surface area (TPSA) is 74.4 Å². The van der Waals surface area contributed by atoms with Crippen LogP contribution in [0.3, 0.4) is 0 Å². The predicted molar refractivity (Wildman–Crippen MR) is 87.7 cm³/mol. The first-order valence-electron chi connectivity index (χ1n) is 8.31. The number of amides is 2. The number of rotatable bonds is 4. The van der Waals surface area contributed by atoms with Gasteiger partial charge in [-0.2, -0.15) is 0 Å². The lowest BCUT2D eigenvalue weighted by Gasteiger charge is -2.34. The first-order valence-corrected chi connectivity index (χ1v) is 8.74. The molecule has 2 rings (SSSR count). The van der Waals surface area contributed by atoms with Crippen molar-refractivity contribution in [2.45, 2.75) is 89.0 Å². The van der Waals surface area contributed by atoms with Crippen molar-refractivity contribution >= 4 is 17.6 Å². The Morgan fingerprint density at radius 3 is 2.45 bits per heavy atom. The number of alkyl halides is 1. The molecule has 0 radical (unpaired) electrons. The SMILES string of the molecule is CC1CC(Cl)NC(NC(=O)NC2CCC(OC(C)C)CC2)N1. The lowest BCUT2D eigenvalue weighted by Crippen LogP contribution is -2.65. The van der Waals surface area contributed by atoms with Crippen molar-refractivity contribution < 1.29 is 9.53 Å². The lowest BCUT2D eigenvalue weighted by molar-refractivity contribution is -0.0156. The van der Waals surface area contributed by atoms with Crippen LogP contribution < -0.4 is 21.3 Å². The molecule has 0 spiro atoms. The molecule has 22 heavy (non-hydrogen) atoms. The number of halogens is 1. The van der Waals surface area contributed by atoms with Crippen LogP contribution in [0.25, 0.3) is 0 Å². The molecule has 0 aromatic heterocycles. The third-order valence-corrected chi connectivity index (χ3v) is 4.41. The van der Waals surface area contributed by atoms with Gasteiger partial charge in [0.2, 0.25) is 0 Å². The highest BCUT2D eigenvalue weighted by Gasteiger charge is 2.27. The Morgan fingerprint density at radius 1 is 1.18 bits per heavy atom. The maximum Gasteiger partial charge on any atom is 0.317 e. The fourth-order valence-corrected chi connectivity index (χ4v) is 3.52. The third kappa shape index (κ3) is 5.91. The highest BCUT2D eigenvalue weighted by Crippen LogP contribution is 2.22. The van der Waals surface area contributed by atoms with Gasteiger partial charge in [-0.15, -0.1) is 11.6 Å². The van der Waals surface area contributed by atoms with E-state index in [1.54, 1.807) is 0 Å². The van der Waals surface area contributed by atoms with Crippen molar-refractivity contribution in [3.05, 3.63) is 0 Å². The second kappa shape index (κ2) is 8.34. The number of ether oxygens (including phenoxy) is 1. The summed E-state index contributed by atoms with van der Waals surface area (Å²) in [5, 5.41) is 12.3. The molecular formula is C15H29ClN4O2. The summed E-state index contributed by atoms with van der Waals surface area (Å²) in [7, 11) is 0. The molecule has 6 nitrogen and oxygen atoms in total. The molecule has 2 aliphatic rings. The van der Waals surface area contributed by atoms with Gasteiger partial charge in [0, 0.05) is 12.1 Å². The van der Waals surface area contributed by atoms with E-state index in [9.17, 15) is 4.79 Å². The number of carbonyl (C=O) groups excluding carboxylic acids is 1. The highest BCUT2D eigenvalue weighted by atomic mass is 35.5. The van der Waals surface area contributed by atoms with E-state index in [4.69, 9.17) is 16.3 Å². The minimum Gasteiger partial charge on any atom is -0.376 e. The fourth-order valence-electron chi connectivity index (χ4n) is 3.13. The van der Waals surface area contributed by atoms with Crippen molar-refractivity contribution in [3.63, 3.8) is 0 Å². The van der Waals surface area contributed by atoms with E-state index >= 15 is 0 Å². The number of urea groups is 1. The predicted octanol–water partition coefficient (Wildman–Crippen LogP) is 1.84. The molecule has 128 valence electrons. The van der Waals surface area contributed by atoms with E-state index in [0.717, 1.165) is 32.1 Å². The largest absolute Gasteiger partial charge is 0.376 e. The highest BCUT2D eigenvalue weighted by molar-refractivity contribution is 6.20. The quantitative estimate of drug-likeness (QED) is 0.468. The Bertz CT molecular complexity index is 351. The summed E-state index contributed by atoms with van der Waals surface area (Å²) in [6.07, 6.45) is 5.09. The standard InChI is InChI=1S/C15H29ClN4O2/c1-9(2)22-12-6-4-11(5-7-12)18-15(21)20-14-17-10(3)8-13(16)19-14/h9-14,17,19H,4-8H2,1-3H3,(H2,18,20,21). The zero-order valence-electron chi connectivity index (χ0n) is 13.7. The van der Waals surface area contributed by atoms with E-state index < -0.39 is 0 Å². The molecule has 3 atom stereocenters. The Labute approximate surface area is 138 Å². The van der Waals surface area contributed by atoms with Gasteiger partial charge in [0.15, 0.2) is 0 Å². The summed E-state index contributed by atoms with van der Waals surface area (Å²) in [5.41, 5.74) is -0.120. The van der Waals surface area contributed by atoms with Gasteiger partial charge in [0.1, 0.15) is 6.29 Å². The normalized spacial score (nSPS) is 36.1. The molecular weight excluding hydrogens is 304 g/mol. The van der Waals surface area contributed by atoms with Gasteiger partial charge >= 0.3 is 6.03 Å². The zero-order valence-corrected chi connectivity index (χ0v) is 14.5. The molecule has 1 aliphatic heterocycles. The van der Waals surface area contributed by atoms with Crippen LogP contribution in [-0.2, 0) is 4.74 Å². The third-order valence-electron chi connectivity index (χ3n) is 4.11. The van der Waals surface area contributed by atoms with E-state index in [1.807, 2.05) is 0 Å². The van der Waals surface area contributed by atoms with Gasteiger partial charge in [0.05, 0.1) is 17.7 Å². The van der Waals surface area contributed by atoms with Crippen LogP contribution >= 0.6 is 11.6 Å². The van der Waals surface area contributed by atoms with Gasteiger partial charge < -0.3 is 15.4 Å². The fraction of sp³-hybridized carbons (Fsp3) is 0.933. The summed E-state index contributed by atoms with van der Waals surface area (Å²) in [6, 6.07) is 0.341. The lowest BCUT2D eigenvalue weighted by atomic mass is 9.93. The van der Waals surface area contributed by atoms with Crippen LogP contribution in [0.2, 0.25) is 0 Å². The van der Waals surface area contributed by atoms with Crippen LogP contribution in [0.15, 0.2) is 0 Å². The number of carbonyl (C=O) groups is 1. The first-order chi connectivity index (χ1) is 10.4. The summed E-state index contributed by atoms with van der Waals surface area (Å²) >= 11 is 6.10. The summed E-state index contributed by atoms with van der Waals surface area (Å²) in [4.78, 5) is 12.1. The Morgan fingerprint density at radius 2 is 1.86 bits per heavy atom. The van der Waals surface area contributed by atoms with Crippen molar-refractivity contribution in [2.75, 3.05) is 0 Å². The van der Waals surface area contributed by atoms with E-state index in [2.05, 4.69) is 42.0 Å². The van der Waals surface area contributed by atoms with Crippen LogP contribution in [-0.4, -0.2) is 42.1 Å². The number of hydrogen-bond acceptors (Lipinski definition) is 4. The summed E-state index contributed by atoms with van der Waals surface area (Å²) in [5.74, 6) is 0. The zero-order chi connectivity index (χ0) is 16.1. The smallest absolute Gasteiger partial charge is 0.317 e. The summed E-state index contributed by atoms with van der Waals surface area (Å²) < 4.78 is 5.83. The van der Waals surface area contributed by atoms with Crippen molar-refractivity contribution in [2.24, 2.45) is 0 Å². The second-order valence-corrected chi connectivity index (χ2v) is 7.17. The van der Waals surface area contributed by atoms with Gasteiger partial charge in [0.25, 0.3) is 0 Å². The minimum atomic E-state index is -0.285. The molecule has 2 fully saturated rings. The van der Waals surface area contributed by atoms with Gasteiger partial charge in [-0.25, -0.2) is 4.79 Å². The number of hydrogen-bond donors (Lipinski definition) is 4. The maximum atomic E-state index is 12.1. The summed E-state index contributed by atoms with van der Waals surface area (Å²) in [6.45, 7) is 6.18. The van der Waals surface area contributed by atoms with Gasteiger partial charge in [-0.3, -0.25) is 10.6 Å². The van der Waals surface area contributed by atoms with Crippen LogP contribution in [0.5, 0.6) is 0 Å². The van der Waals surface area contributed by atoms with Crippen molar-refractivity contribution in [3.8, 4) is 0 Å². The second-order valence-electron chi connectivity index (χ2n) is 6.65. The molecule has 4 N–H and O–H groups in total. The van der Waals surface area contributed by atoms with Gasteiger partial charge in [-0.05, 0) is 52.9 Å². The molecule has 0 aromatic carbocycles. The molecule has 0 aromatic rings. The van der Waals surface area contributed by atoms with Crippen LogP contribution in [0, 0.1) is 0 Å². The van der Waals surface area contributed by atoms with Crippen LogP contribution in [0.4, 0.5) is 4.79 Å². The minimum absolute atomic E-state index is 0.120. The van der Waals surface area contributed by atoms with E-state index in [-0.39, 0.29) is 36.0 Å². The Balaban J connectivity index is 1.67. The van der Waals surface area contributed by atoms with Crippen LogP contribution in [0.1, 0.15) is 52.9 Å². The van der Waals surface area contributed by atoms with Crippen molar-refractivity contribution in [1.29, 1.82) is 0 Å². The Kier molecular flexibility index (Phi) is 6.74. The molecule has 0 bridgehead atoms. The van der Waals surface area contributed by atoms with E-state index in [1.165, 1.54) is 0 Å². The monoisotopic (exact) mass is 332 g/mol. The first kappa shape index (κ1) is 17.8. The molecule has 2 amide bonds. The average molecular weight is 333 g/mol. The molecule has 1 saturated heterocycles. The molecule has 1 heterocycles. The molecule has 1 saturated carbocycles. The molecule has 7 heteroatoms. The van der Waals surface area contributed by atoms with Gasteiger partial charge in [-0.1, -0.05) is 0 Å². The van der Waals surface area contributed by atoms with Crippen molar-refractivity contribution in [1.82, 2.24) is 21.3 Å². The maximum absolute atomic E-state index is 12.1. The molecule has 3 unspecified atom stereocenters. The van der Waals surface area contributed by atoms with E-state index in [0.29, 0.717) is 6.10 Å². The molecule has 1 aliphatic carbocycles. The Hall–Kier alpha value is -0.560. The average Bonchev–Trinajstić information content (AvgIpc) is 2.39.